The molecule has 1 atom stereocenters. The molecule has 1 rings (SSSR count). The molecule has 1 saturated heterocycles. The number of nitriles is 1. The lowest BCUT2D eigenvalue weighted by molar-refractivity contribution is -0.131. The Morgan fingerprint density at radius 1 is 1.77 bits per heavy atom. The molecule has 4 nitrogen and oxygen atoms in total. The van der Waals surface area contributed by atoms with Gasteiger partial charge in [0.05, 0.1) is 18.5 Å². The molecule has 0 bridgehead atoms. The summed E-state index contributed by atoms with van der Waals surface area (Å²) in [6, 6.07) is 2.02. The molecule has 1 aliphatic heterocycles. The van der Waals surface area contributed by atoms with Crippen LogP contribution in [0.1, 0.15) is 19.3 Å². The maximum atomic E-state index is 11.6. The van der Waals surface area contributed by atoms with Crippen LogP contribution in [-0.4, -0.2) is 37.0 Å². The van der Waals surface area contributed by atoms with Crippen molar-refractivity contribution in [2.45, 2.75) is 25.3 Å². The first-order valence-electron chi connectivity index (χ1n) is 4.61. The zero-order chi connectivity index (χ0) is 9.68. The summed E-state index contributed by atoms with van der Waals surface area (Å²) in [4.78, 5) is 13.2. The first-order chi connectivity index (χ1) is 6.25. The summed E-state index contributed by atoms with van der Waals surface area (Å²) < 4.78 is 0. The summed E-state index contributed by atoms with van der Waals surface area (Å²) in [5.41, 5.74) is 0. The fraction of sp³-hybridized carbons (Fsp3) is 0.778. The summed E-state index contributed by atoms with van der Waals surface area (Å²) in [6.07, 6.45) is 2.41. The van der Waals surface area contributed by atoms with Crippen LogP contribution in [-0.2, 0) is 4.79 Å². The van der Waals surface area contributed by atoms with Crippen molar-refractivity contribution < 1.29 is 4.79 Å². The van der Waals surface area contributed by atoms with Crippen LogP contribution >= 0.6 is 0 Å². The first kappa shape index (κ1) is 10.0. The molecule has 0 aromatic heterocycles. The minimum absolute atomic E-state index is 0.0105. The third kappa shape index (κ3) is 2.71. The second kappa shape index (κ2) is 4.83. The summed E-state index contributed by atoms with van der Waals surface area (Å²) in [5, 5.41) is 11.5. The van der Waals surface area contributed by atoms with Gasteiger partial charge in [0.1, 0.15) is 0 Å². The molecule has 1 N–H and O–H groups in total. The van der Waals surface area contributed by atoms with Crippen LogP contribution in [0.2, 0.25) is 0 Å². The van der Waals surface area contributed by atoms with Gasteiger partial charge in [-0.2, -0.15) is 5.26 Å². The van der Waals surface area contributed by atoms with E-state index in [2.05, 4.69) is 5.32 Å². The summed E-state index contributed by atoms with van der Waals surface area (Å²) in [6.45, 7) is 1.47. The molecule has 0 aromatic carbocycles. The van der Waals surface area contributed by atoms with Crippen molar-refractivity contribution in [1.82, 2.24) is 10.2 Å². The van der Waals surface area contributed by atoms with Crippen molar-refractivity contribution in [2.75, 3.05) is 20.1 Å². The zero-order valence-corrected chi connectivity index (χ0v) is 7.92. The molecule has 0 spiro atoms. The van der Waals surface area contributed by atoms with Crippen LogP contribution in [0.15, 0.2) is 0 Å². The second-order valence-corrected chi connectivity index (χ2v) is 3.32. The first-order valence-corrected chi connectivity index (χ1v) is 4.61. The average Bonchev–Trinajstić information content (AvgIpc) is 2.65. The van der Waals surface area contributed by atoms with Crippen molar-refractivity contribution >= 4 is 5.91 Å². The van der Waals surface area contributed by atoms with Crippen LogP contribution in [0.4, 0.5) is 0 Å². The van der Waals surface area contributed by atoms with E-state index in [1.807, 2.05) is 6.07 Å². The van der Waals surface area contributed by atoms with Crippen molar-refractivity contribution in [3.05, 3.63) is 0 Å². The SMILES string of the molecule is CN(CCC#N)C(=O)[C@H]1CCCN1. The van der Waals surface area contributed by atoms with Crippen LogP contribution in [0, 0.1) is 11.3 Å². The highest BCUT2D eigenvalue weighted by Crippen LogP contribution is 2.07. The van der Waals surface area contributed by atoms with E-state index in [-0.39, 0.29) is 11.9 Å². The van der Waals surface area contributed by atoms with Gasteiger partial charge in [0, 0.05) is 13.6 Å². The largest absolute Gasteiger partial charge is 0.343 e. The molecule has 1 aliphatic rings. The standard InChI is InChI=1S/C9H15N3O/c1-12(7-3-5-10)9(13)8-4-2-6-11-8/h8,11H,2-4,6-7H2,1H3/t8-/m1/s1. The molecule has 0 radical (unpaired) electrons. The molecule has 0 aromatic rings. The maximum Gasteiger partial charge on any atom is 0.239 e. The van der Waals surface area contributed by atoms with Gasteiger partial charge < -0.3 is 10.2 Å². The zero-order valence-electron chi connectivity index (χ0n) is 7.92. The van der Waals surface area contributed by atoms with E-state index in [0.29, 0.717) is 13.0 Å². The maximum absolute atomic E-state index is 11.6. The lowest BCUT2D eigenvalue weighted by Gasteiger charge is -2.19. The van der Waals surface area contributed by atoms with Crippen molar-refractivity contribution in [1.29, 1.82) is 5.26 Å². The molecule has 1 amide bonds. The van der Waals surface area contributed by atoms with Crippen molar-refractivity contribution in [3.8, 4) is 6.07 Å². The molecule has 4 heteroatoms. The summed E-state index contributed by atoms with van der Waals surface area (Å²) in [7, 11) is 1.75. The van der Waals surface area contributed by atoms with Crippen molar-refractivity contribution in [2.24, 2.45) is 0 Å². The van der Waals surface area contributed by atoms with Gasteiger partial charge in [-0.3, -0.25) is 4.79 Å². The Bertz CT molecular complexity index is 215. The smallest absolute Gasteiger partial charge is 0.239 e. The normalized spacial score (nSPS) is 21.1. The molecular formula is C9H15N3O. The predicted molar refractivity (Wildman–Crippen MR) is 48.9 cm³/mol. The number of hydrogen-bond donors (Lipinski definition) is 1. The highest BCUT2D eigenvalue weighted by atomic mass is 16.2. The van der Waals surface area contributed by atoms with Gasteiger partial charge in [-0.15, -0.1) is 0 Å². The molecule has 1 heterocycles. The average molecular weight is 181 g/mol. The topological polar surface area (TPSA) is 56.1 Å². The Kier molecular flexibility index (Phi) is 3.71. The van der Waals surface area contributed by atoms with Crippen molar-refractivity contribution in [3.63, 3.8) is 0 Å². The van der Waals surface area contributed by atoms with E-state index in [1.165, 1.54) is 0 Å². The third-order valence-electron chi connectivity index (χ3n) is 2.29. The van der Waals surface area contributed by atoms with Gasteiger partial charge in [0.2, 0.25) is 5.91 Å². The number of rotatable bonds is 3. The number of hydrogen-bond acceptors (Lipinski definition) is 3. The lowest BCUT2D eigenvalue weighted by atomic mass is 10.2. The Labute approximate surface area is 78.5 Å². The van der Waals surface area contributed by atoms with Crippen LogP contribution in [0.3, 0.4) is 0 Å². The third-order valence-corrected chi connectivity index (χ3v) is 2.29. The Morgan fingerprint density at radius 3 is 3.08 bits per heavy atom. The number of carbonyl (C=O) groups is 1. The molecular weight excluding hydrogens is 166 g/mol. The molecule has 0 saturated carbocycles. The molecule has 1 fully saturated rings. The molecule has 72 valence electrons. The van der Waals surface area contributed by atoms with Crippen LogP contribution < -0.4 is 5.32 Å². The minimum Gasteiger partial charge on any atom is -0.343 e. The lowest BCUT2D eigenvalue weighted by Crippen LogP contribution is -2.41. The summed E-state index contributed by atoms with van der Waals surface area (Å²) in [5.74, 6) is 0.118. The Morgan fingerprint density at radius 2 is 2.54 bits per heavy atom. The van der Waals surface area contributed by atoms with Gasteiger partial charge >= 0.3 is 0 Å². The van der Waals surface area contributed by atoms with Crippen LogP contribution in [0.25, 0.3) is 0 Å². The second-order valence-electron chi connectivity index (χ2n) is 3.32. The van der Waals surface area contributed by atoms with E-state index in [9.17, 15) is 4.79 Å². The molecule has 0 aliphatic carbocycles. The number of carbonyl (C=O) groups excluding carboxylic acids is 1. The quantitative estimate of drug-likeness (QED) is 0.672. The van der Waals surface area contributed by atoms with Gasteiger partial charge in [-0.1, -0.05) is 0 Å². The van der Waals surface area contributed by atoms with Gasteiger partial charge in [-0.25, -0.2) is 0 Å². The van der Waals surface area contributed by atoms with Gasteiger partial charge in [0.25, 0.3) is 0 Å². The predicted octanol–water partition coefficient (Wildman–Crippen LogP) is 0.110. The van der Waals surface area contributed by atoms with Gasteiger partial charge in [-0.05, 0) is 19.4 Å². The fourth-order valence-corrected chi connectivity index (χ4v) is 1.49. The number of amides is 1. The van der Waals surface area contributed by atoms with E-state index < -0.39 is 0 Å². The van der Waals surface area contributed by atoms with E-state index in [0.717, 1.165) is 19.4 Å². The summed E-state index contributed by atoms with van der Waals surface area (Å²) >= 11 is 0. The minimum atomic E-state index is -0.0105. The highest BCUT2D eigenvalue weighted by Gasteiger charge is 2.24. The Hall–Kier alpha value is -1.08. The van der Waals surface area contributed by atoms with E-state index >= 15 is 0 Å². The highest BCUT2D eigenvalue weighted by molar-refractivity contribution is 5.81. The number of nitrogens with zero attached hydrogens (tertiary/aromatic N) is 2. The van der Waals surface area contributed by atoms with E-state index in [4.69, 9.17) is 5.26 Å². The van der Waals surface area contributed by atoms with Crippen LogP contribution in [0.5, 0.6) is 0 Å². The molecule has 13 heavy (non-hydrogen) atoms. The van der Waals surface area contributed by atoms with E-state index in [1.54, 1.807) is 11.9 Å². The van der Waals surface area contributed by atoms with Gasteiger partial charge in [0.15, 0.2) is 0 Å². The fourth-order valence-electron chi connectivity index (χ4n) is 1.49. The monoisotopic (exact) mass is 181 g/mol. The number of nitrogens with one attached hydrogen (secondary N) is 1. The number of likely N-dealkylation sites (N-methyl/N-ethyl adjacent to an activating group) is 1. The molecule has 0 unspecified atom stereocenters. The Balaban J connectivity index is 2.33.